The van der Waals surface area contributed by atoms with Crippen LogP contribution >= 0.6 is 0 Å². The van der Waals surface area contributed by atoms with Crippen LogP contribution in [0.2, 0.25) is 0 Å². The van der Waals surface area contributed by atoms with Crippen LogP contribution in [0.4, 0.5) is 28.8 Å². The molecule has 0 bridgehead atoms. The van der Waals surface area contributed by atoms with E-state index in [2.05, 4.69) is 20.3 Å². The first-order valence-electron chi connectivity index (χ1n) is 10.1. The third-order valence-electron chi connectivity index (χ3n) is 4.83. The molecule has 0 atom stereocenters. The molecule has 0 saturated heterocycles. The van der Waals surface area contributed by atoms with E-state index in [1.165, 1.54) is 6.33 Å². The van der Waals surface area contributed by atoms with Crippen LogP contribution in [0.15, 0.2) is 79.3 Å². The molecule has 160 valence electrons. The number of hydrogen-bond donors (Lipinski definition) is 1. The third kappa shape index (κ3) is 4.70. The minimum atomic E-state index is -0.457. The molecule has 0 fully saturated rings. The van der Waals surface area contributed by atoms with E-state index in [1.807, 2.05) is 68.4 Å². The number of hydrogen-bond acceptors (Lipinski definition) is 7. The molecule has 8 nitrogen and oxygen atoms in total. The van der Waals surface area contributed by atoms with Gasteiger partial charge in [0.25, 0.3) is 0 Å². The summed E-state index contributed by atoms with van der Waals surface area (Å²) in [6, 6.07) is 21.0. The number of aromatic nitrogens is 3. The Morgan fingerprint density at radius 1 is 0.938 bits per heavy atom. The van der Waals surface area contributed by atoms with Crippen molar-refractivity contribution in [2.24, 2.45) is 0 Å². The lowest BCUT2D eigenvalue weighted by atomic mass is 10.1. The summed E-state index contributed by atoms with van der Waals surface area (Å²) in [5, 5.41) is 15.3. The molecule has 8 heteroatoms. The molecular formula is C24H22N6O2. The van der Waals surface area contributed by atoms with Crippen LogP contribution in [0.5, 0.6) is 0 Å². The number of benzene rings is 2. The van der Waals surface area contributed by atoms with Gasteiger partial charge in [-0.3, -0.25) is 10.1 Å². The SMILES string of the molecule is Cc1cc(C)cc(Nc2ncnc(N(Cc3ccccc3)c3ccccn3)c2[N+](=O)[O-])c1. The summed E-state index contributed by atoms with van der Waals surface area (Å²) in [4.78, 5) is 26.4. The second-order valence-electron chi connectivity index (χ2n) is 7.41. The molecule has 2 aromatic carbocycles. The van der Waals surface area contributed by atoms with E-state index in [0.29, 0.717) is 12.4 Å². The van der Waals surface area contributed by atoms with Gasteiger partial charge in [0, 0.05) is 11.9 Å². The van der Waals surface area contributed by atoms with Gasteiger partial charge in [0.05, 0.1) is 11.5 Å². The summed E-state index contributed by atoms with van der Waals surface area (Å²) < 4.78 is 0. The molecule has 0 unspecified atom stereocenters. The fourth-order valence-electron chi connectivity index (χ4n) is 3.55. The van der Waals surface area contributed by atoms with E-state index >= 15 is 0 Å². The Morgan fingerprint density at radius 3 is 2.31 bits per heavy atom. The quantitative estimate of drug-likeness (QED) is 0.309. The van der Waals surface area contributed by atoms with Gasteiger partial charge in [0.1, 0.15) is 12.1 Å². The van der Waals surface area contributed by atoms with Gasteiger partial charge in [-0.05, 0) is 54.8 Å². The van der Waals surface area contributed by atoms with Crippen molar-refractivity contribution in [3.63, 3.8) is 0 Å². The van der Waals surface area contributed by atoms with Gasteiger partial charge < -0.3 is 10.2 Å². The Morgan fingerprint density at radius 2 is 1.66 bits per heavy atom. The van der Waals surface area contributed by atoms with Crippen molar-refractivity contribution in [1.82, 2.24) is 15.0 Å². The molecule has 0 radical (unpaired) electrons. The highest BCUT2D eigenvalue weighted by Gasteiger charge is 2.29. The minimum Gasteiger partial charge on any atom is -0.334 e. The average molecular weight is 426 g/mol. The number of aryl methyl sites for hydroxylation is 2. The van der Waals surface area contributed by atoms with Gasteiger partial charge >= 0.3 is 5.69 Å². The number of anilines is 4. The molecule has 2 aromatic heterocycles. The molecule has 2 heterocycles. The van der Waals surface area contributed by atoms with Gasteiger partial charge in [0.2, 0.25) is 11.6 Å². The molecule has 1 N–H and O–H groups in total. The van der Waals surface area contributed by atoms with Crippen molar-refractivity contribution < 1.29 is 4.92 Å². The first kappa shape index (κ1) is 20.9. The van der Waals surface area contributed by atoms with Crippen LogP contribution in [0.1, 0.15) is 16.7 Å². The number of rotatable bonds is 7. The molecule has 0 spiro atoms. The van der Waals surface area contributed by atoms with Crippen molar-refractivity contribution in [2.75, 3.05) is 10.2 Å². The summed E-state index contributed by atoms with van der Waals surface area (Å²) >= 11 is 0. The van der Waals surface area contributed by atoms with Crippen molar-refractivity contribution >= 4 is 28.8 Å². The molecule has 0 saturated carbocycles. The van der Waals surface area contributed by atoms with Crippen LogP contribution in [0.25, 0.3) is 0 Å². The Balaban J connectivity index is 1.82. The molecule has 0 aliphatic heterocycles. The fraction of sp³-hybridized carbons (Fsp3) is 0.125. The summed E-state index contributed by atoms with van der Waals surface area (Å²) in [6.07, 6.45) is 2.98. The predicted octanol–water partition coefficient (Wildman–Crippen LogP) is 5.48. The molecular weight excluding hydrogens is 404 g/mol. The second-order valence-corrected chi connectivity index (χ2v) is 7.41. The fourth-order valence-corrected chi connectivity index (χ4v) is 3.55. The monoisotopic (exact) mass is 426 g/mol. The molecule has 0 aliphatic rings. The topological polar surface area (TPSA) is 97.1 Å². The summed E-state index contributed by atoms with van der Waals surface area (Å²) in [5.41, 5.74) is 3.57. The molecule has 32 heavy (non-hydrogen) atoms. The zero-order valence-electron chi connectivity index (χ0n) is 17.8. The van der Waals surface area contributed by atoms with Crippen LogP contribution in [0.3, 0.4) is 0 Å². The van der Waals surface area contributed by atoms with Crippen molar-refractivity contribution in [2.45, 2.75) is 20.4 Å². The smallest absolute Gasteiger partial charge is 0.334 e. The van der Waals surface area contributed by atoms with Crippen molar-refractivity contribution in [3.05, 3.63) is 106 Å². The number of nitrogens with zero attached hydrogens (tertiary/aromatic N) is 5. The third-order valence-corrected chi connectivity index (χ3v) is 4.83. The first-order chi connectivity index (χ1) is 15.5. The Bertz CT molecular complexity index is 1210. The predicted molar refractivity (Wildman–Crippen MR) is 124 cm³/mol. The normalized spacial score (nSPS) is 10.6. The zero-order valence-corrected chi connectivity index (χ0v) is 17.8. The minimum absolute atomic E-state index is 0.124. The maximum absolute atomic E-state index is 12.2. The lowest BCUT2D eigenvalue weighted by Crippen LogP contribution is -2.21. The van der Waals surface area contributed by atoms with Crippen LogP contribution in [-0.4, -0.2) is 19.9 Å². The summed E-state index contributed by atoms with van der Waals surface area (Å²) in [5.74, 6) is 0.842. The highest BCUT2D eigenvalue weighted by Crippen LogP contribution is 2.37. The van der Waals surface area contributed by atoms with E-state index in [4.69, 9.17) is 0 Å². The van der Waals surface area contributed by atoms with Gasteiger partial charge in [0.15, 0.2) is 0 Å². The van der Waals surface area contributed by atoms with Gasteiger partial charge in [-0.15, -0.1) is 0 Å². The number of nitrogens with one attached hydrogen (secondary N) is 1. The van der Waals surface area contributed by atoms with Crippen molar-refractivity contribution in [1.29, 1.82) is 0 Å². The summed E-state index contributed by atoms with van der Waals surface area (Å²) in [7, 11) is 0. The highest BCUT2D eigenvalue weighted by atomic mass is 16.6. The van der Waals surface area contributed by atoms with E-state index in [-0.39, 0.29) is 17.3 Å². The van der Waals surface area contributed by atoms with Gasteiger partial charge in [-0.1, -0.05) is 42.5 Å². The molecule has 0 amide bonds. The van der Waals surface area contributed by atoms with Crippen molar-refractivity contribution in [3.8, 4) is 0 Å². The highest BCUT2D eigenvalue weighted by molar-refractivity contribution is 5.77. The second kappa shape index (κ2) is 9.22. The molecule has 0 aliphatic carbocycles. The number of pyridine rings is 1. The lowest BCUT2D eigenvalue weighted by molar-refractivity contribution is -0.383. The largest absolute Gasteiger partial charge is 0.354 e. The van der Waals surface area contributed by atoms with Gasteiger partial charge in [-0.2, -0.15) is 0 Å². The van der Waals surface area contributed by atoms with Gasteiger partial charge in [-0.25, -0.2) is 15.0 Å². The molecule has 4 rings (SSSR count). The zero-order chi connectivity index (χ0) is 22.5. The Kier molecular flexibility index (Phi) is 6.03. The molecule has 4 aromatic rings. The van der Waals surface area contributed by atoms with E-state index in [0.717, 1.165) is 22.4 Å². The maximum atomic E-state index is 12.2. The Hall–Kier alpha value is -4.33. The Labute approximate surface area is 185 Å². The van der Waals surface area contributed by atoms with E-state index < -0.39 is 4.92 Å². The standard InChI is InChI=1S/C24H22N6O2/c1-17-12-18(2)14-20(13-17)28-23-22(30(31)32)24(27-16-26-23)29(21-10-6-7-11-25-21)15-19-8-4-3-5-9-19/h3-14,16H,15H2,1-2H3,(H,26,27,28). The lowest BCUT2D eigenvalue weighted by Gasteiger charge is -2.23. The van der Waals surface area contributed by atoms with E-state index in [9.17, 15) is 10.1 Å². The first-order valence-corrected chi connectivity index (χ1v) is 10.1. The maximum Gasteiger partial charge on any atom is 0.354 e. The van der Waals surface area contributed by atoms with Crippen LogP contribution in [-0.2, 0) is 6.54 Å². The van der Waals surface area contributed by atoms with Crippen LogP contribution in [0, 0.1) is 24.0 Å². The average Bonchev–Trinajstić information content (AvgIpc) is 2.78. The van der Waals surface area contributed by atoms with E-state index in [1.54, 1.807) is 23.2 Å². The van der Waals surface area contributed by atoms with Crippen LogP contribution < -0.4 is 10.2 Å². The summed E-state index contributed by atoms with van der Waals surface area (Å²) in [6.45, 7) is 4.31. The number of nitro groups is 1.